The number of benzene rings is 1. The van der Waals surface area contributed by atoms with Crippen molar-refractivity contribution in [3.8, 4) is 5.75 Å². The van der Waals surface area contributed by atoms with Crippen molar-refractivity contribution < 1.29 is 14.6 Å². The highest BCUT2D eigenvalue weighted by atomic mass is 16.5. The maximum absolute atomic E-state index is 12.4. The molecule has 150 valence electrons. The van der Waals surface area contributed by atoms with Crippen LogP contribution in [0, 0.1) is 0 Å². The molecule has 7 nitrogen and oxygen atoms in total. The van der Waals surface area contributed by atoms with E-state index in [9.17, 15) is 9.90 Å². The summed E-state index contributed by atoms with van der Waals surface area (Å²) < 4.78 is 7.75. The molecule has 1 amide bonds. The van der Waals surface area contributed by atoms with Gasteiger partial charge in [0.05, 0.1) is 0 Å². The molecule has 3 heterocycles. The lowest BCUT2D eigenvalue weighted by molar-refractivity contribution is -0.121. The standard InChI is InChI=1S/C21H28N4O3/c26-18-5-1-15(2-6-18)3-8-20(27)22-17-4-7-19-23-24-21(25(19)12-9-17)16-10-13-28-14-11-16/h1-2,5-6,16-17,26H,3-4,7-14H2,(H,22,27). The fourth-order valence-corrected chi connectivity index (χ4v) is 4.13. The van der Waals surface area contributed by atoms with Crippen molar-refractivity contribution in [3.05, 3.63) is 41.5 Å². The van der Waals surface area contributed by atoms with Crippen LogP contribution in [0.15, 0.2) is 24.3 Å². The quantitative estimate of drug-likeness (QED) is 0.826. The van der Waals surface area contributed by atoms with Crippen molar-refractivity contribution >= 4 is 5.91 Å². The third-order valence-corrected chi connectivity index (χ3v) is 5.80. The highest BCUT2D eigenvalue weighted by molar-refractivity contribution is 5.76. The smallest absolute Gasteiger partial charge is 0.220 e. The molecule has 28 heavy (non-hydrogen) atoms. The van der Waals surface area contributed by atoms with E-state index in [0.29, 0.717) is 18.8 Å². The Morgan fingerprint density at radius 3 is 2.71 bits per heavy atom. The number of hydrogen-bond donors (Lipinski definition) is 2. The first-order valence-corrected chi connectivity index (χ1v) is 10.3. The molecule has 0 saturated carbocycles. The largest absolute Gasteiger partial charge is 0.508 e. The summed E-state index contributed by atoms with van der Waals surface area (Å²) in [5, 5.41) is 21.4. The first kappa shape index (κ1) is 18.9. The van der Waals surface area contributed by atoms with Gasteiger partial charge in [0, 0.05) is 44.6 Å². The number of phenolic OH excluding ortho intramolecular Hbond substituents is 1. The molecule has 7 heteroatoms. The van der Waals surface area contributed by atoms with Gasteiger partial charge in [0.1, 0.15) is 17.4 Å². The van der Waals surface area contributed by atoms with Gasteiger partial charge in [0.15, 0.2) is 0 Å². The summed E-state index contributed by atoms with van der Waals surface area (Å²) >= 11 is 0. The summed E-state index contributed by atoms with van der Waals surface area (Å²) in [7, 11) is 0. The molecule has 0 aliphatic carbocycles. The van der Waals surface area contributed by atoms with Gasteiger partial charge >= 0.3 is 0 Å². The number of ether oxygens (including phenoxy) is 1. The summed E-state index contributed by atoms with van der Waals surface area (Å²) in [6.07, 6.45) is 5.81. The molecule has 1 fully saturated rings. The molecule has 2 aliphatic rings. The minimum absolute atomic E-state index is 0.0837. The Bertz CT molecular complexity index is 796. The zero-order valence-corrected chi connectivity index (χ0v) is 16.1. The van der Waals surface area contributed by atoms with E-state index in [1.165, 1.54) is 0 Å². The van der Waals surface area contributed by atoms with Gasteiger partial charge in [-0.2, -0.15) is 0 Å². The van der Waals surface area contributed by atoms with Crippen molar-refractivity contribution in [1.82, 2.24) is 20.1 Å². The maximum atomic E-state index is 12.4. The second kappa shape index (κ2) is 8.73. The maximum Gasteiger partial charge on any atom is 0.220 e. The first-order chi connectivity index (χ1) is 13.7. The molecule has 1 aromatic carbocycles. The van der Waals surface area contributed by atoms with Crippen LogP contribution in [0.5, 0.6) is 5.75 Å². The van der Waals surface area contributed by atoms with Gasteiger partial charge in [-0.05, 0) is 49.8 Å². The van der Waals surface area contributed by atoms with Crippen molar-refractivity contribution in [2.45, 2.75) is 63.5 Å². The minimum Gasteiger partial charge on any atom is -0.508 e. The second-order valence-corrected chi connectivity index (χ2v) is 7.77. The van der Waals surface area contributed by atoms with Crippen molar-refractivity contribution in [2.75, 3.05) is 13.2 Å². The molecule has 2 aromatic rings. The van der Waals surface area contributed by atoms with Gasteiger partial charge in [-0.3, -0.25) is 4.79 Å². The zero-order chi connectivity index (χ0) is 19.3. The average Bonchev–Trinajstić information content (AvgIpc) is 3.03. The number of carbonyl (C=O) groups is 1. The molecule has 1 unspecified atom stereocenters. The monoisotopic (exact) mass is 384 g/mol. The first-order valence-electron chi connectivity index (χ1n) is 10.3. The number of amides is 1. The zero-order valence-electron chi connectivity index (χ0n) is 16.1. The topological polar surface area (TPSA) is 89.3 Å². The summed E-state index contributed by atoms with van der Waals surface area (Å²) in [6.45, 7) is 2.46. The van der Waals surface area contributed by atoms with Crippen LogP contribution < -0.4 is 5.32 Å². The van der Waals surface area contributed by atoms with Gasteiger partial charge in [0.2, 0.25) is 5.91 Å². The Hall–Kier alpha value is -2.41. The lowest BCUT2D eigenvalue weighted by Crippen LogP contribution is -2.35. The fourth-order valence-electron chi connectivity index (χ4n) is 4.13. The summed E-state index contributed by atoms with van der Waals surface area (Å²) in [4.78, 5) is 12.4. The van der Waals surface area contributed by atoms with Crippen LogP contribution in [0.1, 0.15) is 55.2 Å². The number of phenols is 1. The van der Waals surface area contributed by atoms with Crippen molar-refractivity contribution in [3.63, 3.8) is 0 Å². The van der Waals surface area contributed by atoms with E-state index in [-0.39, 0.29) is 17.7 Å². The number of fused-ring (bicyclic) bond motifs is 1. The lowest BCUT2D eigenvalue weighted by Gasteiger charge is -2.22. The SMILES string of the molecule is O=C(CCc1ccc(O)cc1)NC1CCc2nnc(C3CCOCC3)n2CC1. The predicted octanol–water partition coefficient (Wildman–Crippen LogP) is 2.33. The number of hydrogen-bond acceptors (Lipinski definition) is 5. The molecule has 0 radical (unpaired) electrons. The number of nitrogens with zero attached hydrogens (tertiary/aromatic N) is 3. The Kier molecular flexibility index (Phi) is 5.90. The molecular weight excluding hydrogens is 356 g/mol. The fraction of sp³-hybridized carbons (Fsp3) is 0.571. The summed E-state index contributed by atoms with van der Waals surface area (Å²) in [5.41, 5.74) is 1.06. The van der Waals surface area contributed by atoms with Gasteiger partial charge < -0.3 is 19.7 Å². The van der Waals surface area contributed by atoms with Crippen molar-refractivity contribution in [1.29, 1.82) is 0 Å². The molecule has 1 aromatic heterocycles. The molecule has 4 rings (SSSR count). The number of nitrogens with one attached hydrogen (secondary N) is 1. The van der Waals surface area contributed by atoms with Crippen LogP contribution in [0.2, 0.25) is 0 Å². The number of aryl methyl sites for hydroxylation is 2. The molecule has 2 aliphatic heterocycles. The average molecular weight is 384 g/mol. The molecule has 0 bridgehead atoms. The van der Waals surface area contributed by atoms with Crippen LogP contribution in [0.25, 0.3) is 0 Å². The number of rotatable bonds is 5. The van der Waals surface area contributed by atoms with E-state index in [1.54, 1.807) is 12.1 Å². The van der Waals surface area contributed by atoms with E-state index < -0.39 is 0 Å². The number of aromatic hydroxyl groups is 1. The van der Waals surface area contributed by atoms with Gasteiger partial charge in [-0.25, -0.2) is 0 Å². The van der Waals surface area contributed by atoms with E-state index in [2.05, 4.69) is 20.1 Å². The Labute approximate surface area is 165 Å². The molecule has 0 spiro atoms. The third-order valence-electron chi connectivity index (χ3n) is 5.80. The summed E-state index contributed by atoms with van der Waals surface area (Å²) in [6, 6.07) is 7.21. The van der Waals surface area contributed by atoms with E-state index in [1.807, 2.05) is 12.1 Å². The highest BCUT2D eigenvalue weighted by Gasteiger charge is 2.26. The Balaban J connectivity index is 1.29. The van der Waals surface area contributed by atoms with Crippen LogP contribution in [0.3, 0.4) is 0 Å². The minimum atomic E-state index is 0.0837. The van der Waals surface area contributed by atoms with Crippen molar-refractivity contribution in [2.24, 2.45) is 0 Å². The summed E-state index contributed by atoms with van der Waals surface area (Å²) in [5.74, 6) is 2.91. The van der Waals surface area contributed by atoms with Gasteiger partial charge in [0.25, 0.3) is 0 Å². The second-order valence-electron chi connectivity index (χ2n) is 7.77. The van der Waals surface area contributed by atoms with E-state index >= 15 is 0 Å². The predicted molar refractivity (Wildman–Crippen MR) is 104 cm³/mol. The molecule has 1 saturated heterocycles. The molecule has 2 N–H and O–H groups in total. The Morgan fingerprint density at radius 1 is 1.14 bits per heavy atom. The van der Waals surface area contributed by atoms with Gasteiger partial charge in [-0.15, -0.1) is 10.2 Å². The lowest BCUT2D eigenvalue weighted by atomic mass is 9.99. The number of aromatic nitrogens is 3. The van der Waals surface area contributed by atoms with E-state index in [0.717, 1.165) is 69.1 Å². The van der Waals surface area contributed by atoms with Gasteiger partial charge in [-0.1, -0.05) is 12.1 Å². The number of carbonyl (C=O) groups excluding carboxylic acids is 1. The molecule has 1 atom stereocenters. The van der Waals surface area contributed by atoms with Crippen LogP contribution in [-0.4, -0.2) is 45.0 Å². The highest BCUT2D eigenvalue weighted by Crippen LogP contribution is 2.27. The third kappa shape index (κ3) is 4.52. The van der Waals surface area contributed by atoms with Crippen LogP contribution in [0.4, 0.5) is 0 Å². The Morgan fingerprint density at radius 2 is 1.93 bits per heavy atom. The van der Waals surface area contributed by atoms with Crippen LogP contribution in [-0.2, 0) is 28.9 Å². The normalized spacial score (nSPS) is 20.4. The molecular formula is C21H28N4O3. The van der Waals surface area contributed by atoms with Crippen LogP contribution >= 0.6 is 0 Å². The van der Waals surface area contributed by atoms with E-state index in [4.69, 9.17) is 4.74 Å².